The largest absolute Gasteiger partial charge is 0.334 e. The fourth-order valence-corrected chi connectivity index (χ4v) is 3.80. The van der Waals surface area contributed by atoms with Gasteiger partial charge in [0.25, 0.3) is 0 Å². The van der Waals surface area contributed by atoms with E-state index in [1.165, 1.54) is 25.8 Å². The fourth-order valence-electron chi connectivity index (χ4n) is 3.80. The van der Waals surface area contributed by atoms with Crippen LogP contribution in [0.3, 0.4) is 0 Å². The third kappa shape index (κ3) is 3.69. The highest BCUT2D eigenvalue weighted by Crippen LogP contribution is 2.21. The van der Waals surface area contributed by atoms with Gasteiger partial charge in [-0.2, -0.15) is 5.10 Å². The molecule has 0 spiro atoms. The molecule has 2 aliphatic rings. The van der Waals surface area contributed by atoms with Crippen molar-refractivity contribution in [3.8, 4) is 5.69 Å². The van der Waals surface area contributed by atoms with E-state index >= 15 is 0 Å². The van der Waals surface area contributed by atoms with E-state index in [-0.39, 0.29) is 6.03 Å². The van der Waals surface area contributed by atoms with Gasteiger partial charge >= 0.3 is 6.03 Å². The van der Waals surface area contributed by atoms with Crippen LogP contribution in [0.4, 0.5) is 4.79 Å². The van der Waals surface area contributed by atoms with Gasteiger partial charge in [-0.1, -0.05) is 24.6 Å². The lowest BCUT2D eigenvalue weighted by atomic mass is 10.00. The minimum atomic E-state index is 0.0395. The molecule has 2 amide bonds. The molecule has 25 heavy (non-hydrogen) atoms. The van der Waals surface area contributed by atoms with Gasteiger partial charge in [-0.3, -0.25) is 4.90 Å². The number of carbonyl (C=O) groups is 1. The van der Waals surface area contributed by atoms with E-state index in [0.717, 1.165) is 30.9 Å². The van der Waals surface area contributed by atoms with Crippen LogP contribution in [-0.2, 0) is 6.54 Å². The third-order valence-corrected chi connectivity index (χ3v) is 5.23. The van der Waals surface area contributed by atoms with Crippen LogP contribution in [0, 0.1) is 0 Å². The number of piperazine rings is 1. The zero-order valence-corrected chi connectivity index (χ0v) is 14.5. The fraction of sp³-hybridized carbons (Fsp3) is 0.474. The summed E-state index contributed by atoms with van der Waals surface area (Å²) in [4.78, 5) is 17.0. The highest BCUT2D eigenvalue weighted by molar-refractivity contribution is 5.74. The summed E-state index contributed by atoms with van der Waals surface area (Å²) in [6, 6.07) is 10.6. The molecule has 0 aliphatic carbocycles. The van der Waals surface area contributed by atoms with Crippen molar-refractivity contribution in [1.82, 2.24) is 24.9 Å². The number of piperidine rings is 1. The van der Waals surface area contributed by atoms with Crippen molar-refractivity contribution in [2.45, 2.75) is 31.8 Å². The number of amides is 2. The third-order valence-electron chi connectivity index (χ3n) is 5.23. The maximum atomic E-state index is 12.5. The van der Waals surface area contributed by atoms with E-state index in [1.807, 2.05) is 52.3 Å². The van der Waals surface area contributed by atoms with Crippen molar-refractivity contribution in [3.05, 3.63) is 48.3 Å². The maximum Gasteiger partial charge on any atom is 0.317 e. The monoisotopic (exact) mass is 339 g/mol. The number of fused-ring (bicyclic) bond motifs is 1. The second kappa shape index (κ2) is 7.27. The molecule has 4 rings (SSSR count). The van der Waals surface area contributed by atoms with Crippen LogP contribution in [0.2, 0.25) is 0 Å². The Kier molecular flexibility index (Phi) is 4.70. The standard InChI is InChI=1S/C19H25N5O/c25-19(23-11-10-22-9-5-4-8-18(22)15-23)20-12-16-13-21-24(14-16)17-6-2-1-3-7-17/h1-3,6-7,13-14,18H,4-5,8-12,15H2,(H,20,25)/t18-/m1/s1. The number of hydrogen-bond acceptors (Lipinski definition) is 3. The van der Waals surface area contributed by atoms with Gasteiger partial charge in [0.2, 0.25) is 0 Å². The van der Waals surface area contributed by atoms with E-state index in [1.54, 1.807) is 0 Å². The van der Waals surface area contributed by atoms with Gasteiger partial charge in [0, 0.05) is 44.0 Å². The molecule has 0 unspecified atom stereocenters. The summed E-state index contributed by atoms with van der Waals surface area (Å²) in [5.41, 5.74) is 2.03. The zero-order valence-electron chi connectivity index (χ0n) is 14.5. The number of benzene rings is 1. The predicted octanol–water partition coefficient (Wildman–Crippen LogP) is 2.25. The van der Waals surface area contributed by atoms with Crippen molar-refractivity contribution in [2.75, 3.05) is 26.2 Å². The number of nitrogens with zero attached hydrogens (tertiary/aromatic N) is 4. The normalized spacial score (nSPS) is 21.0. The van der Waals surface area contributed by atoms with Crippen molar-refractivity contribution in [2.24, 2.45) is 0 Å². The Morgan fingerprint density at radius 1 is 1.16 bits per heavy atom. The Morgan fingerprint density at radius 3 is 2.92 bits per heavy atom. The molecule has 0 saturated carbocycles. The topological polar surface area (TPSA) is 53.4 Å². The Hall–Kier alpha value is -2.34. The number of urea groups is 1. The number of rotatable bonds is 3. The van der Waals surface area contributed by atoms with E-state index in [2.05, 4.69) is 15.3 Å². The first kappa shape index (κ1) is 16.1. The van der Waals surface area contributed by atoms with Gasteiger partial charge in [0.15, 0.2) is 0 Å². The average Bonchev–Trinajstić information content (AvgIpc) is 3.15. The van der Waals surface area contributed by atoms with Crippen molar-refractivity contribution < 1.29 is 4.79 Å². The highest BCUT2D eigenvalue weighted by atomic mass is 16.2. The molecular weight excluding hydrogens is 314 g/mol. The van der Waals surface area contributed by atoms with E-state index in [9.17, 15) is 4.79 Å². The number of carbonyl (C=O) groups excluding carboxylic acids is 1. The van der Waals surface area contributed by atoms with Crippen molar-refractivity contribution in [1.29, 1.82) is 0 Å². The van der Waals surface area contributed by atoms with Crippen LogP contribution in [-0.4, -0.2) is 57.8 Å². The molecule has 6 heteroatoms. The first-order valence-corrected chi connectivity index (χ1v) is 9.15. The summed E-state index contributed by atoms with van der Waals surface area (Å²) in [7, 11) is 0. The molecule has 2 aliphatic heterocycles. The Bertz CT molecular complexity index is 714. The number of nitrogens with one attached hydrogen (secondary N) is 1. The summed E-state index contributed by atoms with van der Waals surface area (Å²) >= 11 is 0. The van der Waals surface area contributed by atoms with E-state index in [0.29, 0.717) is 12.6 Å². The number of hydrogen-bond donors (Lipinski definition) is 1. The first-order valence-electron chi connectivity index (χ1n) is 9.15. The van der Waals surface area contributed by atoms with Crippen LogP contribution < -0.4 is 5.32 Å². The first-order chi connectivity index (χ1) is 12.3. The number of aromatic nitrogens is 2. The summed E-state index contributed by atoms with van der Waals surface area (Å²) in [6.07, 6.45) is 7.58. The van der Waals surface area contributed by atoms with Gasteiger partial charge in [0.1, 0.15) is 0 Å². The average molecular weight is 339 g/mol. The molecule has 2 saturated heterocycles. The van der Waals surface area contributed by atoms with Crippen molar-refractivity contribution in [3.63, 3.8) is 0 Å². The predicted molar refractivity (Wildman–Crippen MR) is 96.6 cm³/mol. The molecule has 1 aromatic heterocycles. The minimum absolute atomic E-state index is 0.0395. The molecule has 1 atom stereocenters. The van der Waals surface area contributed by atoms with Crippen LogP contribution in [0.1, 0.15) is 24.8 Å². The van der Waals surface area contributed by atoms with Crippen LogP contribution in [0.15, 0.2) is 42.7 Å². The van der Waals surface area contributed by atoms with Gasteiger partial charge in [-0.15, -0.1) is 0 Å². The van der Waals surface area contributed by atoms with Crippen molar-refractivity contribution >= 4 is 6.03 Å². The zero-order chi connectivity index (χ0) is 17.1. The SMILES string of the molecule is O=C(NCc1cnn(-c2ccccc2)c1)N1CCN2CCCC[C@@H]2C1. The molecule has 1 N–H and O–H groups in total. The van der Waals surface area contributed by atoms with Crippen LogP contribution in [0.5, 0.6) is 0 Å². The second-order valence-corrected chi connectivity index (χ2v) is 6.92. The Labute approximate surface area is 148 Å². The lowest BCUT2D eigenvalue weighted by molar-refractivity contribution is 0.0643. The lowest BCUT2D eigenvalue weighted by Crippen LogP contribution is -2.57. The molecule has 1 aromatic carbocycles. The summed E-state index contributed by atoms with van der Waals surface area (Å²) in [5, 5.41) is 7.42. The minimum Gasteiger partial charge on any atom is -0.334 e. The summed E-state index contributed by atoms with van der Waals surface area (Å²) in [6.45, 7) is 4.39. The van der Waals surface area contributed by atoms with E-state index < -0.39 is 0 Å². The summed E-state index contributed by atoms with van der Waals surface area (Å²) < 4.78 is 1.84. The van der Waals surface area contributed by atoms with Gasteiger partial charge < -0.3 is 10.2 Å². The molecule has 132 valence electrons. The second-order valence-electron chi connectivity index (χ2n) is 6.92. The molecular formula is C19H25N5O. The molecule has 2 fully saturated rings. The quantitative estimate of drug-likeness (QED) is 0.933. The van der Waals surface area contributed by atoms with Crippen LogP contribution in [0.25, 0.3) is 5.69 Å². The number of para-hydroxylation sites is 1. The van der Waals surface area contributed by atoms with Gasteiger partial charge in [-0.25, -0.2) is 9.48 Å². The maximum absolute atomic E-state index is 12.5. The Balaban J connectivity index is 1.31. The van der Waals surface area contributed by atoms with Gasteiger partial charge in [-0.05, 0) is 31.5 Å². The highest BCUT2D eigenvalue weighted by Gasteiger charge is 2.30. The molecule has 6 nitrogen and oxygen atoms in total. The summed E-state index contributed by atoms with van der Waals surface area (Å²) in [5.74, 6) is 0. The molecule has 3 heterocycles. The van der Waals surface area contributed by atoms with Crippen LogP contribution >= 0.6 is 0 Å². The Morgan fingerprint density at radius 2 is 2.04 bits per heavy atom. The van der Waals surface area contributed by atoms with Gasteiger partial charge in [0.05, 0.1) is 11.9 Å². The molecule has 0 bridgehead atoms. The molecule has 0 radical (unpaired) electrons. The smallest absolute Gasteiger partial charge is 0.317 e. The lowest BCUT2D eigenvalue weighted by Gasteiger charge is -2.43. The molecule has 2 aromatic rings. The van der Waals surface area contributed by atoms with E-state index in [4.69, 9.17) is 0 Å².